The van der Waals surface area contributed by atoms with Gasteiger partial charge in [0.05, 0.1) is 0 Å². The fourth-order valence-electron chi connectivity index (χ4n) is 2.78. The first kappa shape index (κ1) is 15.3. The summed E-state index contributed by atoms with van der Waals surface area (Å²) in [6.45, 7) is 6.80. The number of hydrogen-bond donors (Lipinski definition) is 0. The maximum atomic E-state index is 2.32. The van der Waals surface area contributed by atoms with E-state index in [2.05, 4.69) is 39.0 Å². The lowest BCUT2D eigenvalue weighted by molar-refractivity contribution is 0.588. The van der Waals surface area contributed by atoms with Crippen LogP contribution in [0, 0.1) is 6.92 Å². The number of rotatable bonds is 9. The van der Waals surface area contributed by atoms with Crippen LogP contribution >= 0.6 is 0 Å². The minimum absolute atomic E-state index is 1.18. The first-order chi connectivity index (χ1) is 8.79. The summed E-state index contributed by atoms with van der Waals surface area (Å²) in [4.78, 5) is 0. The molecule has 0 aliphatic rings. The van der Waals surface area contributed by atoms with E-state index in [9.17, 15) is 0 Å². The molecule has 0 saturated carbocycles. The van der Waals surface area contributed by atoms with Crippen molar-refractivity contribution in [2.75, 3.05) is 0 Å². The van der Waals surface area contributed by atoms with E-state index < -0.39 is 0 Å². The van der Waals surface area contributed by atoms with Crippen LogP contribution in [0.15, 0.2) is 18.2 Å². The van der Waals surface area contributed by atoms with Crippen molar-refractivity contribution < 1.29 is 0 Å². The second-order valence-electron chi connectivity index (χ2n) is 5.44. The van der Waals surface area contributed by atoms with Gasteiger partial charge in [-0.15, -0.1) is 0 Å². The van der Waals surface area contributed by atoms with Crippen molar-refractivity contribution in [1.29, 1.82) is 0 Å². The van der Waals surface area contributed by atoms with Gasteiger partial charge in [-0.2, -0.15) is 0 Å². The summed E-state index contributed by atoms with van der Waals surface area (Å²) in [6, 6.07) is 6.78. The zero-order chi connectivity index (χ0) is 13.2. The van der Waals surface area contributed by atoms with Crippen LogP contribution in [-0.2, 0) is 12.8 Å². The molecule has 0 atom stereocenters. The van der Waals surface area contributed by atoms with E-state index in [0.717, 1.165) is 0 Å². The second kappa shape index (κ2) is 9.19. The molecule has 1 aromatic carbocycles. The molecular weight excluding hydrogens is 216 g/mol. The molecule has 0 N–H and O–H groups in total. The molecule has 1 rings (SSSR count). The van der Waals surface area contributed by atoms with Crippen LogP contribution < -0.4 is 0 Å². The minimum Gasteiger partial charge on any atom is -0.0654 e. The standard InChI is InChI=1S/C18H30/c1-4-6-7-8-9-10-11-14-17-15-12-13-16(3)18(17)5-2/h12-13,15H,4-11,14H2,1-3H3. The molecule has 0 radical (unpaired) electrons. The summed E-state index contributed by atoms with van der Waals surface area (Å²) in [5, 5.41) is 0. The van der Waals surface area contributed by atoms with Crippen LogP contribution in [0.3, 0.4) is 0 Å². The largest absolute Gasteiger partial charge is 0.0654 e. The van der Waals surface area contributed by atoms with Crippen LogP contribution in [0.1, 0.15) is 75.5 Å². The van der Waals surface area contributed by atoms with Crippen LogP contribution in [0.25, 0.3) is 0 Å². The third-order valence-corrected chi connectivity index (χ3v) is 3.91. The Balaban J connectivity index is 2.25. The van der Waals surface area contributed by atoms with Crippen molar-refractivity contribution in [3.05, 3.63) is 34.9 Å². The van der Waals surface area contributed by atoms with Crippen molar-refractivity contribution in [3.8, 4) is 0 Å². The van der Waals surface area contributed by atoms with Gasteiger partial charge in [-0.05, 0) is 42.9 Å². The van der Waals surface area contributed by atoms with Gasteiger partial charge in [0.1, 0.15) is 0 Å². The van der Waals surface area contributed by atoms with E-state index in [1.807, 2.05) is 0 Å². The average Bonchev–Trinajstić information content (AvgIpc) is 2.38. The van der Waals surface area contributed by atoms with E-state index in [4.69, 9.17) is 0 Å². The minimum atomic E-state index is 1.18. The van der Waals surface area contributed by atoms with Gasteiger partial charge < -0.3 is 0 Å². The van der Waals surface area contributed by atoms with Crippen molar-refractivity contribution in [2.24, 2.45) is 0 Å². The van der Waals surface area contributed by atoms with Gasteiger partial charge in [-0.1, -0.05) is 70.6 Å². The van der Waals surface area contributed by atoms with E-state index in [1.165, 1.54) is 63.4 Å². The maximum absolute atomic E-state index is 2.32. The Morgan fingerprint density at radius 3 is 2.17 bits per heavy atom. The highest BCUT2D eigenvalue weighted by molar-refractivity contribution is 5.34. The summed E-state index contributed by atoms with van der Waals surface area (Å²) in [7, 11) is 0. The Bertz CT molecular complexity index is 325. The first-order valence-electron chi connectivity index (χ1n) is 7.87. The normalized spacial score (nSPS) is 10.8. The van der Waals surface area contributed by atoms with Crippen LogP contribution in [0.2, 0.25) is 0 Å². The lowest BCUT2D eigenvalue weighted by Gasteiger charge is -2.10. The molecule has 0 heteroatoms. The van der Waals surface area contributed by atoms with Gasteiger partial charge in [0.25, 0.3) is 0 Å². The third kappa shape index (κ3) is 5.25. The summed E-state index contributed by atoms with van der Waals surface area (Å²) >= 11 is 0. The lowest BCUT2D eigenvalue weighted by atomic mass is 9.95. The maximum Gasteiger partial charge on any atom is -0.0276 e. The first-order valence-corrected chi connectivity index (χ1v) is 7.87. The van der Waals surface area contributed by atoms with Crippen LogP contribution in [0.4, 0.5) is 0 Å². The van der Waals surface area contributed by atoms with Crippen LogP contribution in [0.5, 0.6) is 0 Å². The lowest BCUT2D eigenvalue weighted by Crippen LogP contribution is -1.96. The van der Waals surface area contributed by atoms with Gasteiger partial charge in [0.15, 0.2) is 0 Å². The van der Waals surface area contributed by atoms with Crippen LogP contribution in [-0.4, -0.2) is 0 Å². The highest BCUT2D eigenvalue weighted by Crippen LogP contribution is 2.18. The SMILES string of the molecule is CCCCCCCCCc1cccc(C)c1CC. The predicted octanol–water partition coefficient (Wildman–Crippen LogP) is 5.85. The van der Waals surface area contributed by atoms with Gasteiger partial charge in [-0.3, -0.25) is 0 Å². The van der Waals surface area contributed by atoms with E-state index >= 15 is 0 Å². The summed E-state index contributed by atoms with van der Waals surface area (Å²) in [5.41, 5.74) is 4.65. The topological polar surface area (TPSA) is 0 Å². The second-order valence-corrected chi connectivity index (χ2v) is 5.44. The summed E-state index contributed by atoms with van der Waals surface area (Å²) < 4.78 is 0. The number of benzene rings is 1. The molecule has 0 nitrogen and oxygen atoms in total. The number of hydrogen-bond acceptors (Lipinski definition) is 0. The van der Waals surface area contributed by atoms with Gasteiger partial charge >= 0.3 is 0 Å². The van der Waals surface area contributed by atoms with Gasteiger partial charge in [-0.25, -0.2) is 0 Å². The van der Waals surface area contributed by atoms with Crippen molar-refractivity contribution >= 4 is 0 Å². The molecule has 0 fully saturated rings. The summed E-state index contributed by atoms with van der Waals surface area (Å²) in [6.07, 6.45) is 12.3. The molecule has 0 aromatic heterocycles. The Hall–Kier alpha value is -0.780. The Morgan fingerprint density at radius 2 is 1.50 bits per heavy atom. The molecule has 0 spiro atoms. The Labute approximate surface area is 114 Å². The monoisotopic (exact) mass is 246 g/mol. The highest BCUT2D eigenvalue weighted by atomic mass is 14.1. The van der Waals surface area contributed by atoms with E-state index in [0.29, 0.717) is 0 Å². The van der Waals surface area contributed by atoms with Gasteiger partial charge in [0, 0.05) is 0 Å². The van der Waals surface area contributed by atoms with E-state index in [-0.39, 0.29) is 0 Å². The zero-order valence-electron chi connectivity index (χ0n) is 12.6. The Kier molecular flexibility index (Phi) is 7.80. The molecule has 0 unspecified atom stereocenters. The molecule has 0 aliphatic heterocycles. The molecule has 0 aliphatic carbocycles. The zero-order valence-corrected chi connectivity index (χ0v) is 12.6. The highest BCUT2D eigenvalue weighted by Gasteiger charge is 2.03. The quantitative estimate of drug-likeness (QED) is 0.479. The average molecular weight is 246 g/mol. The molecule has 18 heavy (non-hydrogen) atoms. The molecule has 0 saturated heterocycles. The summed E-state index contributed by atoms with van der Waals surface area (Å²) in [5.74, 6) is 0. The molecule has 1 aromatic rings. The predicted molar refractivity (Wildman–Crippen MR) is 82.3 cm³/mol. The molecule has 0 bridgehead atoms. The van der Waals surface area contributed by atoms with Crippen molar-refractivity contribution in [3.63, 3.8) is 0 Å². The van der Waals surface area contributed by atoms with Crippen molar-refractivity contribution in [1.82, 2.24) is 0 Å². The molecule has 0 heterocycles. The number of unbranched alkanes of at least 4 members (excludes halogenated alkanes) is 6. The fourth-order valence-corrected chi connectivity index (χ4v) is 2.78. The molecule has 0 amide bonds. The number of aryl methyl sites for hydroxylation is 2. The smallest absolute Gasteiger partial charge is 0.0276 e. The van der Waals surface area contributed by atoms with Gasteiger partial charge in [0.2, 0.25) is 0 Å². The Morgan fingerprint density at radius 1 is 0.833 bits per heavy atom. The van der Waals surface area contributed by atoms with E-state index in [1.54, 1.807) is 11.1 Å². The third-order valence-electron chi connectivity index (χ3n) is 3.91. The van der Waals surface area contributed by atoms with Crippen molar-refractivity contribution in [2.45, 2.75) is 78.6 Å². The molecule has 102 valence electrons. The molecular formula is C18H30. The fraction of sp³-hybridized carbons (Fsp3) is 0.667.